The highest BCUT2D eigenvalue weighted by molar-refractivity contribution is 6.33. The molecule has 0 saturated carbocycles. The fourth-order valence-corrected chi connectivity index (χ4v) is 2.98. The maximum absolute atomic E-state index is 6.31. The molecule has 5 heteroatoms. The van der Waals surface area contributed by atoms with Crippen LogP contribution in [-0.2, 0) is 0 Å². The van der Waals surface area contributed by atoms with Crippen LogP contribution in [0.4, 0.5) is 0 Å². The Hall–Kier alpha value is -2.36. The number of H-pyrrole nitrogens is 1. The highest BCUT2D eigenvalue weighted by atomic mass is 35.5. The zero-order chi connectivity index (χ0) is 15.8. The second-order valence-electron chi connectivity index (χ2n) is 5.13. The molecule has 1 N–H and O–H groups in total. The molecule has 2 aromatic carbocycles. The van der Waals surface area contributed by atoms with Gasteiger partial charge in [-0.15, -0.1) is 0 Å². The molecule has 0 aliphatic carbocycles. The summed E-state index contributed by atoms with van der Waals surface area (Å²) in [7, 11) is 0. The van der Waals surface area contributed by atoms with Crippen LogP contribution in [0.2, 0.25) is 10.0 Å². The van der Waals surface area contributed by atoms with Gasteiger partial charge in [0, 0.05) is 22.3 Å². The van der Waals surface area contributed by atoms with Gasteiger partial charge in [-0.3, -0.25) is 4.98 Å². The molecule has 0 unspecified atom stereocenters. The van der Waals surface area contributed by atoms with E-state index >= 15 is 0 Å². The highest BCUT2D eigenvalue weighted by Crippen LogP contribution is 2.35. The van der Waals surface area contributed by atoms with Crippen LogP contribution in [0.15, 0.2) is 60.8 Å². The van der Waals surface area contributed by atoms with E-state index in [2.05, 4.69) is 15.0 Å². The largest absolute Gasteiger partial charge is 0.338 e. The molecule has 3 nitrogen and oxygen atoms in total. The number of benzene rings is 2. The lowest BCUT2D eigenvalue weighted by atomic mass is 10.0. The van der Waals surface area contributed by atoms with E-state index in [1.165, 1.54) is 0 Å². The van der Waals surface area contributed by atoms with Crippen molar-refractivity contribution in [3.05, 3.63) is 70.8 Å². The van der Waals surface area contributed by atoms with Crippen molar-refractivity contribution in [3.63, 3.8) is 0 Å². The van der Waals surface area contributed by atoms with Crippen molar-refractivity contribution in [2.45, 2.75) is 0 Å². The Labute approximate surface area is 142 Å². The molecule has 0 saturated heterocycles. The normalized spacial score (nSPS) is 11.0. The van der Waals surface area contributed by atoms with E-state index in [1.54, 1.807) is 12.3 Å². The zero-order valence-electron chi connectivity index (χ0n) is 11.9. The van der Waals surface area contributed by atoms with Gasteiger partial charge >= 0.3 is 0 Å². The first kappa shape index (κ1) is 14.2. The maximum Gasteiger partial charge on any atom is 0.139 e. The second-order valence-corrected chi connectivity index (χ2v) is 5.97. The van der Waals surface area contributed by atoms with Gasteiger partial charge in [0.05, 0.1) is 21.7 Å². The summed E-state index contributed by atoms with van der Waals surface area (Å²) >= 11 is 12.5. The number of aromatic nitrogens is 3. The van der Waals surface area contributed by atoms with E-state index in [-0.39, 0.29) is 0 Å². The number of hydrogen-bond acceptors (Lipinski definition) is 2. The third-order valence-corrected chi connectivity index (χ3v) is 4.18. The second kappa shape index (κ2) is 5.69. The third kappa shape index (κ3) is 2.58. The maximum atomic E-state index is 6.31. The number of hydrogen-bond donors (Lipinski definition) is 1. The number of rotatable bonds is 2. The molecule has 0 aliphatic rings. The quantitative estimate of drug-likeness (QED) is 0.516. The molecule has 4 aromatic rings. The molecule has 4 rings (SSSR count). The summed E-state index contributed by atoms with van der Waals surface area (Å²) in [6.45, 7) is 0. The molecule has 0 radical (unpaired) electrons. The fourth-order valence-electron chi connectivity index (χ4n) is 2.58. The first-order chi connectivity index (χ1) is 11.2. The van der Waals surface area contributed by atoms with Gasteiger partial charge in [0.1, 0.15) is 5.82 Å². The minimum atomic E-state index is 0.576. The molecule has 0 spiro atoms. The number of aromatic amines is 1. The van der Waals surface area contributed by atoms with Gasteiger partial charge in [0.25, 0.3) is 0 Å². The number of nitrogens with one attached hydrogen (secondary N) is 1. The summed E-state index contributed by atoms with van der Waals surface area (Å²) in [5.41, 5.74) is 4.34. The van der Waals surface area contributed by atoms with E-state index in [1.807, 2.05) is 48.5 Å². The predicted octanol–water partition coefficient (Wildman–Crippen LogP) is 5.60. The summed E-state index contributed by atoms with van der Waals surface area (Å²) < 4.78 is 0. The summed E-state index contributed by atoms with van der Waals surface area (Å²) in [5.74, 6) is 0.764. The molecule has 2 heterocycles. The molecule has 23 heavy (non-hydrogen) atoms. The van der Waals surface area contributed by atoms with Crippen LogP contribution in [-0.4, -0.2) is 15.0 Å². The molecule has 0 aliphatic heterocycles. The number of nitrogens with zero attached hydrogens (tertiary/aromatic N) is 2. The fraction of sp³-hybridized carbons (Fsp3) is 0. The smallest absolute Gasteiger partial charge is 0.139 e. The van der Waals surface area contributed by atoms with E-state index in [9.17, 15) is 0 Å². The lowest BCUT2D eigenvalue weighted by molar-refractivity contribution is 1.30. The summed E-state index contributed by atoms with van der Waals surface area (Å²) in [6, 6.07) is 17.1. The van der Waals surface area contributed by atoms with Gasteiger partial charge in [-0.1, -0.05) is 35.3 Å². The van der Waals surface area contributed by atoms with Gasteiger partial charge in [0.2, 0.25) is 0 Å². The number of pyridine rings is 1. The Bertz CT molecular complexity index is 975. The van der Waals surface area contributed by atoms with Crippen LogP contribution in [0.1, 0.15) is 0 Å². The first-order valence-electron chi connectivity index (χ1n) is 7.08. The third-order valence-electron chi connectivity index (χ3n) is 3.64. The standard InChI is InChI=1S/C18H11Cl2N3/c19-11-7-8-12(13(10-11)17-14(20)4-3-9-21-17)18-22-15-5-1-2-6-16(15)23-18/h1-10H,(H,22,23). The Balaban J connectivity index is 1.97. The molecule has 0 atom stereocenters. The lowest BCUT2D eigenvalue weighted by Gasteiger charge is -2.09. The van der Waals surface area contributed by atoms with Crippen molar-refractivity contribution in [3.8, 4) is 22.6 Å². The summed E-state index contributed by atoms with van der Waals surface area (Å²) in [4.78, 5) is 12.4. The van der Waals surface area contributed by atoms with Gasteiger partial charge in [0.15, 0.2) is 0 Å². The van der Waals surface area contributed by atoms with Gasteiger partial charge in [-0.25, -0.2) is 4.98 Å². The average molecular weight is 340 g/mol. The van der Waals surface area contributed by atoms with Crippen molar-refractivity contribution >= 4 is 34.2 Å². The highest BCUT2D eigenvalue weighted by Gasteiger charge is 2.15. The van der Waals surface area contributed by atoms with Crippen molar-refractivity contribution in [1.82, 2.24) is 15.0 Å². The number of fused-ring (bicyclic) bond motifs is 1. The molecule has 0 amide bonds. The van der Waals surface area contributed by atoms with Crippen LogP contribution in [0.25, 0.3) is 33.7 Å². The number of imidazole rings is 1. The molecule has 0 bridgehead atoms. The Morgan fingerprint density at radius 1 is 0.870 bits per heavy atom. The molecule has 0 fully saturated rings. The topological polar surface area (TPSA) is 41.6 Å². The average Bonchev–Trinajstić information content (AvgIpc) is 2.99. The van der Waals surface area contributed by atoms with Crippen molar-refractivity contribution in [2.75, 3.05) is 0 Å². The summed E-state index contributed by atoms with van der Waals surface area (Å²) in [6.07, 6.45) is 1.71. The Morgan fingerprint density at radius 2 is 1.74 bits per heavy atom. The molecular formula is C18H11Cl2N3. The van der Waals surface area contributed by atoms with Crippen LogP contribution in [0, 0.1) is 0 Å². The number of para-hydroxylation sites is 2. The Kier molecular flexibility index (Phi) is 3.52. The molecule has 2 aromatic heterocycles. The number of halogens is 2. The van der Waals surface area contributed by atoms with Gasteiger partial charge < -0.3 is 4.98 Å². The van der Waals surface area contributed by atoms with E-state index in [4.69, 9.17) is 23.2 Å². The van der Waals surface area contributed by atoms with Crippen LogP contribution in [0.5, 0.6) is 0 Å². The molecular weight excluding hydrogens is 329 g/mol. The monoisotopic (exact) mass is 339 g/mol. The lowest BCUT2D eigenvalue weighted by Crippen LogP contribution is -1.90. The minimum Gasteiger partial charge on any atom is -0.338 e. The van der Waals surface area contributed by atoms with E-state index in [0.717, 1.165) is 28.0 Å². The zero-order valence-corrected chi connectivity index (χ0v) is 13.4. The van der Waals surface area contributed by atoms with Crippen molar-refractivity contribution in [2.24, 2.45) is 0 Å². The van der Waals surface area contributed by atoms with Crippen LogP contribution >= 0.6 is 23.2 Å². The first-order valence-corrected chi connectivity index (χ1v) is 7.83. The Morgan fingerprint density at radius 3 is 2.57 bits per heavy atom. The predicted molar refractivity (Wildman–Crippen MR) is 94.8 cm³/mol. The van der Waals surface area contributed by atoms with Crippen LogP contribution < -0.4 is 0 Å². The van der Waals surface area contributed by atoms with Crippen LogP contribution in [0.3, 0.4) is 0 Å². The van der Waals surface area contributed by atoms with E-state index < -0.39 is 0 Å². The summed E-state index contributed by atoms with van der Waals surface area (Å²) in [5, 5.41) is 1.20. The van der Waals surface area contributed by atoms with Gasteiger partial charge in [-0.05, 0) is 42.5 Å². The SMILES string of the molecule is Clc1ccc(-c2nc3ccccc3[nH]2)c(-c2ncccc2Cl)c1. The van der Waals surface area contributed by atoms with Gasteiger partial charge in [-0.2, -0.15) is 0 Å². The minimum absolute atomic E-state index is 0.576. The van der Waals surface area contributed by atoms with E-state index in [0.29, 0.717) is 15.7 Å². The van der Waals surface area contributed by atoms with Crippen molar-refractivity contribution in [1.29, 1.82) is 0 Å². The molecule has 112 valence electrons. The van der Waals surface area contributed by atoms with Crippen molar-refractivity contribution < 1.29 is 0 Å².